The fourth-order valence-corrected chi connectivity index (χ4v) is 5.34. The number of rotatable bonds is 19. The number of morpholine rings is 1. The highest BCUT2D eigenvalue weighted by Crippen LogP contribution is 2.34. The van der Waals surface area contributed by atoms with Crippen LogP contribution in [-0.2, 0) is 28.6 Å². The van der Waals surface area contributed by atoms with Gasteiger partial charge in [-0.25, -0.2) is 0 Å². The summed E-state index contributed by atoms with van der Waals surface area (Å²) in [6.07, 6.45) is 15.1. The molecular formula is C30H51N3O6. The van der Waals surface area contributed by atoms with E-state index in [0.717, 1.165) is 51.4 Å². The Kier molecular flexibility index (Phi) is 15.4. The topological polar surface area (TPSA) is 120 Å². The normalized spacial score (nSPS) is 21.7. The first-order valence-corrected chi connectivity index (χ1v) is 14.7. The van der Waals surface area contributed by atoms with Gasteiger partial charge < -0.3 is 30.2 Å². The van der Waals surface area contributed by atoms with Crippen LogP contribution in [0.4, 0.5) is 0 Å². The van der Waals surface area contributed by atoms with Crippen LogP contribution in [0.3, 0.4) is 0 Å². The molecule has 222 valence electrons. The molecule has 2 aliphatic rings. The molecule has 1 saturated heterocycles. The third-order valence-electron chi connectivity index (χ3n) is 7.72. The van der Waals surface area contributed by atoms with E-state index in [9.17, 15) is 14.4 Å². The summed E-state index contributed by atoms with van der Waals surface area (Å²) in [7, 11) is 1.69. The number of amides is 3. The number of nitrogens with zero attached hydrogens (tertiary/aromatic N) is 1. The quantitative estimate of drug-likeness (QED) is 0.238. The van der Waals surface area contributed by atoms with Gasteiger partial charge in [0.1, 0.15) is 5.60 Å². The Hall–Kier alpha value is -2.23. The smallest absolute Gasteiger partial charge is 0.227 e. The number of unbranched alkanes of at least 4 members (excludes halogenated alkanes) is 4. The number of primary amides is 1. The number of hydrogen-bond acceptors (Lipinski definition) is 6. The van der Waals surface area contributed by atoms with Crippen molar-refractivity contribution in [3.63, 3.8) is 0 Å². The molecular weight excluding hydrogens is 498 g/mol. The first kappa shape index (κ1) is 33.0. The molecule has 0 spiro atoms. The Bertz CT molecular complexity index is 809. The Morgan fingerprint density at radius 1 is 1.05 bits per heavy atom. The minimum absolute atomic E-state index is 0.0315. The average Bonchev–Trinajstić information content (AvgIpc) is 2.92. The van der Waals surface area contributed by atoms with Crippen molar-refractivity contribution in [2.75, 3.05) is 53.2 Å². The molecule has 3 amide bonds. The summed E-state index contributed by atoms with van der Waals surface area (Å²) in [4.78, 5) is 39.2. The monoisotopic (exact) mass is 549 g/mol. The van der Waals surface area contributed by atoms with Crippen molar-refractivity contribution in [2.45, 2.75) is 77.2 Å². The lowest BCUT2D eigenvalue weighted by atomic mass is 9.79. The second-order valence-corrected chi connectivity index (χ2v) is 11.0. The summed E-state index contributed by atoms with van der Waals surface area (Å²) in [6.45, 7) is 8.16. The summed E-state index contributed by atoms with van der Waals surface area (Å²) in [5.41, 5.74) is 5.04. The van der Waals surface area contributed by atoms with Gasteiger partial charge in [0, 0.05) is 52.3 Å². The Morgan fingerprint density at radius 3 is 2.46 bits per heavy atom. The van der Waals surface area contributed by atoms with Crippen LogP contribution in [0.25, 0.3) is 0 Å². The number of carbonyl (C=O) groups excluding carboxylic acids is 3. The van der Waals surface area contributed by atoms with Gasteiger partial charge in [0.15, 0.2) is 0 Å². The molecule has 1 heterocycles. The zero-order chi connectivity index (χ0) is 28.5. The van der Waals surface area contributed by atoms with Gasteiger partial charge in [0.2, 0.25) is 17.7 Å². The molecule has 39 heavy (non-hydrogen) atoms. The van der Waals surface area contributed by atoms with Crippen LogP contribution < -0.4 is 11.1 Å². The van der Waals surface area contributed by atoms with Crippen LogP contribution in [0.15, 0.2) is 24.3 Å². The highest BCUT2D eigenvalue weighted by atomic mass is 16.5. The van der Waals surface area contributed by atoms with E-state index < -0.39 is 11.5 Å². The summed E-state index contributed by atoms with van der Waals surface area (Å²) < 4.78 is 16.7. The molecule has 0 radical (unpaired) electrons. The molecule has 0 aromatic heterocycles. The van der Waals surface area contributed by atoms with Crippen LogP contribution in [0, 0.1) is 17.8 Å². The van der Waals surface area contributed by atoms with Crippen molar-refractivity contribution in [1.29, 1.82) is 0 Å². The molecule has 1 aliphatic carbocycles. The van der Waals surface area contributed by atoms with Crippen LogP contribution in [-0.4, -0.2) is 81.4 Å². The first-order chi connectivity index (χ1) is 18.8. The van der Waals surface area contributed by atoms with Crippen LogP contribution in [0.1, 0.15) is 71.6 Å². The van der Waals surface area contributed by atoms with Crippen molar-refractivity contribution in [3.8, 4) is 0 Å². The van der Waals surface area contributed by atoms with Gasteiger partial charge in [-0.1, -0.05) is 63.8 Å². The predicted octanol–water partition coefficient (Wildman–Crippen LogP) is 3.37. The minimum atomic E-state index is -0.702. The largest absolute Gasteiger partial charge is 0.385 e. The van der Waals surface area contributed by atoms with Gasteiger partial charge in [-0.15, -0.1) is 0 Å². The number of methoxy groups -OCH3 is 1. The van der Waals surface area contributed by atoms with Crippen molar-refractivity contribution >= 4 is 17.7 Å². The van der Waals surface area contributed by atoms with E-state index >= 15 is 0 Å². The zero-order valence-electron chi connectivity index (χ0n) is 24.3. The van der Waals surface area contributed by atoms with E-state index in [2.05, 4.69) is 19.2 Å². The van der Waals surface area contributed by atoms with E-state index in [-0.39, 0.29) is 29.6 Å². The lowest BCUT2D eigenvalue weighted by molar-refractivity contribution is -0.135. The maximum atomic E-state index is 12.8. The SMILES string of the molecule is COCCCCOC1(CCCCCCC(C(=O)NCCC(=O)N2CCOCC2)C(C)C)C=CC=CC1C(N)=O. The van der Waals surface area contributed by atoms with E-state index in [1.54, 1.807) is 12.0 Å². The second kappa shape index (κ2) is 18.2. The Labute approximate surface area is 234 Å². The van der Waals surface area contributed by atoms with E-state index in [1.165, 1.54) is 0 Å². The lowest BCUT2D eigenvalue weighted by Gasteiger charge is -2.37. The number of nitrogens with one attached hydrogen (secondary N) is 1. The zero-order valence-corrected chi connectivity index (χ0v) is 24.3. The highest BCUT2D eigenvalue weighted by Gasteiger charge is 2.40. The Balaban J connectivity index is 1.74. The lowest BCUT2D eigenvalue weighted by Crippen LogP contribution is -2.46. The van der Waals surface area contributed by atoms with Gasteiger partial charge >= 0.3 is 0 Å². The van der Waals surface area contributed by atoms with Crippen LogP contribution >= 0.6 is 0 Å². The summed E-state index contributed by atoms with van der Waals surface area (Å²) in [5, 5.41) is 2.98. The molecule has 9 nitrogen and oxygen atoms in total. The van der Waals surface area contributed by atoms with Gasteiger partial charge in [-0.05, 0) is 31.6 Å². The molecule has 3 atom stereocenters. The summed E-state index contributed by atoms with van der Waals surface area (Å²) in [6, 6.07) is 0. The molecule has 0 aromatic rings. The molecule has 0 saturated carbocycles. The van der Waals surface area contributed by atoms with Crippen LogP contribution in [0.5, 0.6) is 0 Å². The molecule has 1 fully saturated rings. The number of nitrogens with two attached hydrogens (primary N) is 1. The number of hydrogen-bond donors (Lipinski definition) is 2. The fourth-order valence-electron chi connectivity index (χ4n) is 5.34. The standard InChI is InChI=1S/C30H51N3O6/c1-24(2)25(29(36)32-17-14-27(34)33-18-22-38-23-19-33)12-6-4-5-8-15-30(39-21-11-10-20-37-3)16-9-7-13-26(30)28(31)35/h7,9,13,16,24-26H,4-6,8,10-12,14-15,17-23H2,1-3H3,(H2,31,35)(H,32,36). The molecule has 0 bridgehead atoms. The van der Waals surface area contributed by atoms with Crippen molar-refractivity contribution < 1.29 is 28.6 Å². The molecule has 2 rings (SSSR count). The number of ether oxygens (including phenoxy) is 3. The van der Waals surface area contributed by atoms with Gasteiger partial charge in [0.05, 0.1) is 19.1 Å². The second-order valence-electron chi connectivity index (χ2n) is 11.0. The highest BCUT2D eigenvalue weighted by molar-refractivity contribution is 5.81. The summed E-state index contributed by atoms with van der Waals surface area (Å²) >= 11 is 0. The Morgan fingerprint density at radius 2 is 1.77 bits per heavy atom. The fraction of sp³-hybridized carbons (Fsp3) is 0.767. The van der Waals surface area contributed by atoms with Crippen molar-refractivity contribution in [2.24, 2.45) is 23.5 Å². The van der Waals surface area contributed by atoms with Crippen molar-refractivity contribution in [1.82, 2.24) is 10.2 Å². The average molecular weight is 550 g/mol. The molecule has 3 N–H and O–H groups in total. The minimum Gasteiger partial charge on any atom is -0.385 e. The number of carbonyl (C=O) groups is 3. The van der Waals surface area contributed by atoms with E-state index in [0.29, 0.717) is 52.5 Å². The maximum absolute atomic E-state index is 12.8. The van der Waals surface area contributed by atoms with Gasteiger partial charge in [-0.3, -0.25) is 14.4 Å². The molecule has 3 unspecified atom stereocenters. The molecule has 9 heteroatoms. The first-order valence-electron chi connectivity index (χ1n) is 14.7. The predicted molar refractivity (Wildman–Crippen MR) is 152 cm³/mol. The maximum Gasteiger partial charge on any atom is 0.227 e. The van der Waals surface area contributed by atoms with Gasteiger partial charge in [0.25, 0.3) is 0 Å². The number of allylic oxidation sites excluding steroid dienone is 2. The third-order valence-corrected chi connectivity index (χ3v) is 7.72. The van der Waals surface area contributed by atoms with Crippen LogP contribution in [0.2, 0.25) is 0 Å². The molecule has 1 aliphatic heterocycles. The van der Waals surface area contributed by atoms with Crippen molar-refractivity contribution in [3.05, 3.63) is 24.3 Å². The van der Waals surface area contributed by atoms with E-state index in [4.69, 9.17) is 19.9 Å². The van der Waals surface area contributed by atoms with Gasteiger partial charge in [-0.2, -0.15) is 0 Å². The molecule has 0 aromatic carbocycles. The third kappa shape index (κ3) is 11.4. The van der Waals surface area contributed by atoms with E-state index in [1.807, 2.05) is 24.3 Å². The summed E-state index contributed by atoms with van der Waals surface area (Å²) in [5.74, 6) is -0.595.